The minimum atomic E-state index is -0.234. The summed E-state index contributed by atoms with van der Waals surface area (Å²) in [6, 6.07) is 62.4. The molecule has 0 bridgehead atoms. The monoisotopic (exact) mass is 613 g/mol. The smallest absolute Gasteiger partial charge is 0.159 e. The molecule has 1 unspecified atom stereocenters. The van der Waals surface area contributed by atoms with Gasteiger partial charge in [-0.15, -0.1) is 0 Å². The molecule has 1 heterocycles. The van der Waals surface area contributed by atoms with E-state index in [4.69, 9.17) is 9.98 Å². The lowest BCUT2D eigenvalue weighted by atomic mass is 9.91. The van der Waals surface area contributed by atoms with E-state index in [1.807, 2.05) is 36.4 Å². The van der Waals surface area contributed by atoms with Crippen molar-refractivity contribution in [2.75, 3.05) is 0 Å². The van der Waals surface area contributed by atoms with Crippen molar-refractivity contribution in [1.82, 2.24) is 5.32 Å². The van der Waals surface area contributed by atoms with E-state index in [9.17, 15) is 0 Å². The van der Waals surface area contributed by atoms with Crippen LogP contribution in [0.3, 0.4) is 0 Å². The molecule has 0 spiro atoms. The Hall–Kier alpha value is -6.32. The number of hydrogen-bond donors (Lipinski definition) is 1. The second-order valence-corrected chi connectivity index (χ2v) is 12.2. The quantitative estimate of drug-likeness (QED) is 0.193. The number of aliphatic imine (C=N–C) groups is 2. The Morgan fingerprint density at radius 2 is 0.812 bits per heavy atom. The molecule has 0 aromatic heterocycles. The van der Waals surface area contributed by atoms with Crippen LogP contribution in [0.25, 0.3) is 54.6 Å². The molecule has 0 saturated carbocycles. The van der Waals surface area contributed by atoms with E-state index in [-0.39, 0.29) is 6.17 Å². The zero-order chi connectivity index (χ0) is 31.9. The minimum absolute atomic E-state index is 0.234. The summed E-state index contributed by atoms with van der Waals surface area (Å²) in [4.78, 5) is 10.1. The predicted octanol–water partition coefficient (Wildman–Crippen LogP) is 11.0. The highest BCUT2D eigenvalue weighted by Gasteiger charge is 2.21. The van der Waals surface area contributed by atoms with Gasteiger partial charge in [-0.3, -0.25) is 0 Å². The van der Waals surface area contributed by atoms with Crippen LogP contribution in [0.4, 0.5) is 0 Å². The van der Waals surface area contributed by atoms with Gasteiger partial charge in [0, 0.05) is 11.1 Å². The summed E-state index contributed by atoms with van der Waals surface area (Å²) < 4.78 is 0. The molecule has 8 aromatic carbocycles. The zero-order valence-electron chi connectivity index (χ0n) is 26.2. The van der Waals surface area contributed by atoms with Crippen LogP contribution in [0.1, 0.15) is 22.9 Å². The fraction of sp³-hybridized carbons (Fsp3) is 0.0222. The van der Waals surface area contributed by atoms with Gasteiger partial charge in [0.1, 0.15) is 12.0 Å². The van der Waals surface area contributed by atoms with Crippen LogP contribution in [-0.4, -0.2) is 11.7 Å². The van der Waals surface area contributed by atoms with Gasteiger partial charge < -0.3 is 5.32 Å². The van der Waals surface area contributed by atoms with Crippen LogP contribution in [0, 0.1) is 0 Å². The molecule has 0 radical (unpaired) electrons. The number of rotatable bonds is 5. The second kappa shape index (κ2) is 11.8. The molecule has 48 heavy (non-hydrogen) atoms. The average molecular weight is 614 g/mol. The predicted molar refractivity (Wildman–Crippen MR) is 202 cm³/mol. The summed E-state index contributed by atoms with van der Waals surface area (Å²) in [5.74, 6) is 1.53. The number of benzene rings is 8. The van der Waals surface area contributed by atoms with Crippen LogP contribution >= 0.6 is 0 Å². The van der Waals surface area contributed by atoms with Gasteiger partial charge in [0.25, 0.3) is 0 Å². The normalized spacial score (nSPS) is 14.5. The lowest BCUT2D eigenvalue weighted by Gasteiger charge is -2.23. The first kappa shape index (κ1) is 27.9. The molecule has 1 N–H and O–H groups in total. The van der Waals surface area contributed by atoms with E-state index in [1.54, 1.807) is 0 Å². The third-order valence-corrected chi connectivity index (χ3v) is 9.30. The number of hydrogen-bond acceptors (Lipinski definition) is 3. The number of amidine groups is 2. The molecule has 0 aliphatic carbocycles. The summed E-state index contributed by atoms with van der Waals surface area (Å²) in [6.07, 6.45) is -0.234. The number of nitrogens with zero attached hydrogens (tertiary/aromatic N) is 2. The zero-order valence-corrected chi connectivity index (χ0v) is 26.2. The molecule has 9 rings (SSSR count). The van der Waals surface area contributed by atoms with Crippen molar-refractivity contribution in [2.45, 2.75) is 6.17 Å². The Labute approximate surface area is 279 Å². The summed E-state index contributed by atoms with van der Waals surface area (Å²) in [5, 5.41) is 11.3. The first-order chi connectivity index (χ1) is 23.8. The maximum atomic E-state index is 5.09. The van der Waals surface area contributed by atoms with Gasteiger partial charge >= 0.3 is 0 Å². The van der Waals surface area contributed by atoms with Crippen molar-refractivity contribution in [3.05, 3.63) is 193 Å². The summed E-state index contributed by atoms with van der Waals surface area (Å²) >= 11 is 0. The van der Waals surface area contributed by atoms with Crippen molar-refractivity contribution in [3.63, 3.8) is 0 Å². The van der Waals surface area contributed by atoms with Crippen molar-refractivity contribution in [3.8, 4) is 22.3 Å². The summed E-state index contributed by atoms with van der Waals surface area (Å²) in [7, 11) is 0. The van der Waals surface area contributed by atoms with E-state index in [0.717, 1.165) is 33.7 Å². The molecule has 1 aliphatic heterocycles. The summed E-state index contributed by atoms with van der Waals surface area (Å²) in [5.41, 5.74) is 7.78. The van der Waals surface area contributed by atoms with E-state index in [1.165, 1.54) is 43.4 Å². The first-order valence-corrected chi connectivity index (χ1v) is 16.4. The van der Waals surface area contributed by atoms with Gasteiger partial charge in [0.05, 0.1) is 0 Å². The Morgan fingerprint density at radius 1 is 0.354 bits per heavy atom. The van der Waals surface area contributed by atoms with Gasteiger partial charge in [-0.25, -0.2) is 9.98 Å². The lowest BCUT2D eigenvalue weighted by molar-refractivity contribution is 0.674. The van der Waals surface area contributed by atoms with Gasteiger partial charge in [0.2, 0.25) is 0 Å². The SMILES string of the molecule is c1ccc(C2=NC(c3cccc(-c4cccc(-c5ccc6c7ccccc7c7ccccc7c6c5)c4)c3)=NC(c3ccccc3)N2)cc1. The fourth-order valence-electron chi connectivity index (χ4n) is 6.93. The van der Waals surface area contributed by atoms with Crippen LogP contribution < -0.4 is 5.32 Å². The van der Waals surface area contributed by atoms with E-state index in [2.05, 4.69) is 145 Å². The maximum absolute atomic E-state index is 5.09. The molecule has 1 aliphatic rings. The van der Waals surface area contributed by atoms with Gasteiger partial charge in [-0.05, 0) is 78.3 Å². The van der Waals surface area contributed by atoms with Crippen LogP contribution in [0.2, 0.25) is 0 Å². The molecule has 0 saturated heterocycles. The van der Waals surface area contributed by atoms with Crippen LogP contribution in [0.5, 0.6) is 0 Å². The Morgan fingerprint density at radius 3 is 1.44 bits per heavy atom. The molecule has 1 atom stereocenters. The van der Waals surface area contributed by atoms with Crippen LogP contribution in [-0.2, 0) is 0 Å². The standard InChI is InChI=1S/C45H31N3/c1-3-13-30(14-4-1)43-46-44(31-15-5-2-6-16-31)48-45(47-43)36-20-12-19-34(28-36)32-17-11-18-33(27-32)35-25-26-41-39-23-8-7-21-37(39)38-22-9-10-24-40(38)42(41)29-35/h1-29,43H,(H,46,47,48). The Balaban J connectivity index is 1.12. The minimum Gasteiger partial charge on any atom is -0.344 e. The van der Waals surface area contributed by atoms with E-state index < -0.39 is 0 Å². The maximum Gasteiger partial charge on any atom is 0.159 e. The molecular weight excluding hydrogens is 583 g/mol. The molecule has 226 valence electrons. The number of fused-ring (bicyclic) bond motifs is 6. The van der Waals surface area contributed by atoms with Gasteiger partial charge in [0.15, 0.2) is 5.84 Å². The molecule has 3 nitrogen and oxygen atoms in total. The third-order valence-electron chi connectivity index (χ3n) is 9.30. The molecule has 0 amide bonds. The van der Waals surface area contributed by atoms with Crippen LogP contribution in [0.15, 0.2) is 186 Å². The van der Waals surface area contributed by atoms with Gasteiger partial charge in [-0.1, -0.05) is 158 Å². The fourth-order valence-corrected chi connectivity index (χ4v) is 6.93. The van der Waals surface area contributed by atoms with Gasteiger partial charge in [-0.2, -0.15) is 0 Å². The molecule has 0 fully saturated rings. The average Bonchev–Trinajstić information content (AvgIpc) is 3.18. The molecule has 8 aromatic rings. The Bertz CT molecular complexity index is 2500. The van der Waals surface area contributed by atoms with E-state index in [0.29, 0.717) is 5.84 Å². The van der Waals surface area contributed by atoms with E-state index >= 15 is 0 Å². The van der Waals surface area contributed by atoms with Crippen molar-refractivity contribution >= 4 is 44.0 Å². The first-order valence-electron chi connectivity index (χ1n) is 16.4. The van der Waals surface area contributed by atoms with Crippen molar-refractivity contribution in [2.24, 2.45) is 9.98 Å². The summed E-state index contributed by atoms with van der Waals surface area (Å²) in [6.45, 7) is 0. The number of nitrogens with one attached hydrogen (secondary N) is 1. The van der Waals surface area contributed by atoms with Crippen molar-refractivity contribution in [1.29, 1.82) is 0 Å². The highest BCUT2D eigenvalue weighted by molar-refractivity contribution is 6.25. The second-order valence-electron chi connectivity index (χ2n) is 12.2. The van der Waals surface area contributed by atoms with Crippen molar-refractivity contribution < 1.29 is 0 Å². The lowest BCUT2D eigenvalue weighted by Crippen LogP contribution is -2.33. The molecule has 3 heteroatoms. The third kappa shape index (κ3) is 5.03. The topological polar surface area (TPSA) is 36.8 Å². The Kier molecular flexibility index (Phi) is 6.87. The molecular formula is C45H31N3. The highest BCUT2D eigenvalue weighted by Crippen LogP contribution is 2.37. The largest absolute Gasteiger partial charge is 0.344 e. The highest BCUT2D eigenvalue weighted by atomic mass is 15.2.